The summed E-state index contributed by atoms with van der Waals surface area (Å²) in [7, 11) is 1.32. The number of carbonyl (C=O) groups excluding carboxylic acids is 1. The van der Waals surface area contributed by atoms with Gasteiger partial charge < -0.3 is 15.8 Å². The summed E-state index contributed by atoms with van der Waals surface area (Å²) in [6.07, 6.45) is 1.49. The van der Waals surface area contributed by atoms with Crippen LogP contribution in [-0.2, 0) is 11.3 Å². The Hall–Kier alpha value is -2.15. The number of nitrogens with zero attached hydrogens (tertiary/aromatic N) is 2. The topological polar surface area (TPSA) is 90.1 Å². The summed E-state index contributed by atoms with van der Waals surface area (Å²) in [5.74, 6) is -0.0165. The Morgan fingerprint density at radius 3 is 2.95 bits per heavy atom. The molecule has 0 atom stereocenters. The van der Waals surface area contributed by atoms with Crippen LogP contribution < -0.4 is 11.1 Å². The van der Waals surface area contributed by atoms with Crippen LogP contribution in [0.15, 0.2) is 17.8 Å². The zero-order chi connectivity index (χ0) is 13.8. The maximum Gasteiger partial charge on any atom is 0.341 e. The van der Waals surface area contributed by atoms with Gasteiger partial charge in [-0.2, -0.15) is 0 Å². The van der Waals surface area contributed by atoms with Crippen molar-refractivity contribution >= 4 is 28.8 Å². The monoisotopic (exact) mass is 278 g/mol. The number of aryl methyl sites for hydroxylation is 1. The minimum Gasteiger partial charge on any atom is -0.465 e. The van der Waals surface area contributed by atoms with Gasteiger partial charge in [0.15, 0.2) is 0 Å². The number of nitrogens with two attached hydrogens (primary N) is 1. The van der Waals surface area contributed by atoms with Crippen molar-refractivity contribution in [3.8, 4) is 0 Å². The summed E-state index contributed by atoms with van der Waals surface area (Å²) in [5, 5.41) is 3.10. The Morgan fingerprint density at radius 2 is 2.32 bits per heavy atom. The molecule has 6 nitrogen and oxygen atoms in total. The Kier molecular flexibility index (Phi) is 3.96. The number of rotatable bonds is 4. The first kappa shape index (κ1) is 13.3. The van der Waals surface area contributed by atoms with Gasteiger partial charge >= 0.3 is 5.97 Å². The second-order valence-electron chi connectivity index (χ2n) is 3.87. The average molecular weight is 278 g/mol. The highest BCUT2D eigenvalue weighted by Gasteiger charge is 2.14. The molecule has 2 heterocycles. The molecular formula is C12H14N4O2S. The minimum absolute atomic E-state index is 0.324. The molecule has 7 heteroatoms. The van der Waals surface area contributed by atoms with Gasteiger partial charge in [0.25, 0.3) is 0 Å². The molecule has 3 N–H and O–H groups in total. The number of anilines is 2. The van der Waals surface area contributed by atoms with Crippen molar-refractivity contribution in [1.29, 1.82) is 0 Å². The molecule has 0 aliphatic carbocycles. The number of esters is 1. The summed E-state index contributed by atoms with van der Waals surface area (Å²) >= 11 is 1.55. The molecule has 19 heavy (non-hydrogen) atoms. The van der Waals surface area contributed by atoms with E-state index in [2.05, 4.69) is 15.3 Å². The van der Waals surface area contributed by atoms with Gasteiger partial charge in [-0.3, -0.25) is 0 Å². The molecule has 0 fully saturated rings. The molecule has 100 valence electrons. The Bertz CT molecular complexity index is 597. The first-order valence-corrected chi connectivity index (χ1v) is 6.46. The van der Waals surface area contributed by atoms with Crippen LogP contribution in [0.4, 0.5) is 11.5 Å². The van der Waals surface area contributed by atoms with Crippen LogP contribution in [-0.4, -0.2) is 23.0 Å². The Morgan fingerprint density at radius 1 is 1.53 bits per heavy atom. The van der Waals surface area contributed by atoms with Crippen LogP contribution >= 0.6 is 11.3 Å². The summed E-state index contributed by atoms with van der Waals surface area (Å²) in [6.45, 7) is 2.49. The van der Waals surface area contributed by atoms with Crippen LogP contribution in [0.3, 0.4) is 0 Å². The van der Waals surface area contributed by atoms with Gasteiger partial charge in [0.05, 0.1) is 36.7 Å². The molecular weight excluding hydrogens is 264 g/mol. The van der Waals surface area contributed by atoms with Gasteiger partial charge in [0.2, 0.25) is 0 Å². The van der Waals surface area contributed by atoms with E-state index in [1.54, 1.807) is 22.9 Å². The van der Waals surface area contributed by atoms with Crippen molar-refractivity contribution in [1.82, 2.24) is 9.97 Å². The number of hydrogen-bond acceptors (Lipinski definition) is 7. The highest BCUT2D eigenvalue weighted by molar-refractivity contribution is 7.09. The summed E-state index contributed by atoms with van der Waals surface area (Å²) in [6, 6.07) is 1.54. The molecule has 2 rings (SSSR count). The van der Waals surface area contributed by atoms with Gasteiger partial charge in [0.1, 0.15) is 11.4 Å². The van der Waals surface area contributed by atoms with Crippen molar-refractivity contribution in [2.24, 2.45) is 0 Å². The lowest BCUT2D eigenvalue weighted by molar-refractivity contribution is 0.0601. The Labute approximate surface area is 114 Å². The zero-order valence-corrected chi connectivity index (χ0v) is 11.5. The van der Waals surface area contributed by atoms with E-state index in [9.17, 15) is 4.79 Å². The van der Waals surface area contributed by atoms with Gasteiger partial charge in [0, 0.05) is 4.88 Å². The Balaban J connectivity index is 2.20. The number of hydrogen-bond donors (Lipinski definition) is 2. The van der Waals surface area contributed by atoms with Gasteiger partial charge in [-0.25, -0.2) is 14.8 Å². The van der Waals surface area contributed by atoms with E-state index in [0.717, 1.165) is 10.6 Å². The number of aromatic nitrogens is 2. The van der Waals surface area contributed by atoms with Crippen molar-refractivity contribution < 1.29 is 9.53 Å². The minimum atomic E-state index is -0.469. The third-order valence-electron chi connectivity index (χ3n) is 2.58. The molecule has 0 saturated carbocycles. The fraction of sp³-hybridized carbons (Fsp3) is 0.250. The first-order chi connectivity index (χ1) is 9.11. The smallest absolute Gasteiger partial charge is 0.341 e. The predicted octanol–water partition coefficient (Wildman–Crippen LogP) is 1.83. The van der Waals surface area contributed by atoms with Gasteiger partial charge in [-0.05, 0) is 13.0 Å². The summed E-state index contributed by atoms with van der Waals surface area (Å²) < 4.78 is 4.71. The zero-order valence-electron chi connectivity index (χ0n) is 10.6. The molecule has 0 saturated heterocycles. The fourth-order valence-electron chi connectivity index (χ4n) is 1.55. The number of nitrogens with one attached hydrogen (secondary N) is 1. The number of ether oxygens (including phenoxy) is 1. The number of carbonyl (C=O) groups is 1. The van der Waals surface area contributed by atoms with Crippen LogP contribution in [0.2, 0.25) is 0 Å². The lowest BCUT2D eigenvalue weighted by Gasteiger charge is -2.09. The molecule has 0 amide bonds. The van der Waals surface area contributed by atoms with E-state index in [4.69, 9.17) is 10.5 Å². The second kappa shape index (κ2) is 5.66. The van der Waals surface area contributed by atoms with Crippen LogP contribution in [0.25, 0.3) is 0 Å². The number of pyridine rings is 1. The fourth-order valence-corrected chi connectivity index (χ4v) is 2.26. The molecule has 0 radical (unpaired) electrons. The standard InChI is InChI=1S/C12H14N4O2S/c1-7-10(19-6-16-7)5-15-11-9(12(17)18-2)3-8(13)4-14-11/h3-4,6H,5,13H2,1-2H3,(H,14,15). The highest BCUT2D eigenvalue weighted by Crippen LogP contribution is 2.19. The maximum atomic E-state index is 11.6. The maximum absolute atomic E-state index is 11.6. The molecule has 0 aromatic carbocycles. The highest BCUT2D eigenvalue weighted by atomic mass is 32.1. The molecule has 0 aliphatic heterocycles. The molecule has 0 bridgehead atoms. The largest absolute Gasteiger partial charge is 0.465 e. The van der Waals surface area contributed by atoms with Gasteiger partial charge in [-0.1, -0.05) is 0 Å². The molecule has 0 unspecified atom stereocenters. The summed E-state index contributed by atoms with van der Waals surface area (Å²) in [4.78, 5) is 21.0. The second-order valence-corrected chi connectivity index (χ2v) is 4.81. The van der Waals surface area contributed by atoms with E-state index in [0.29, 0.717) is 23.6 Å². The van der Waals surface area contributed by atoms with E-state index >= 15 is 0 Å². The van der Waals surface area contributed by atoms with E-state index in [-0.39, 0.29) is 0 Å². The van der Waals surface area contributed by atoms with Gasteiger partial charge in [-0.15, -0.1) is 11.3 Å². The molecule has 2 aromatic heterocycles. The summed E-state index contributed by atoms with van der Waals surface area (Å²) in [5.41, 5.74) is 9.12. The van der Waals surface area contributed by atoms with Crippen molar-refractivity contribution in [2.75, 3.05) is 18.2 Å². The van der Waals surface area contributed by atoms with Crippen LogP contribution in [0, 0.1) is 6.92 Å². The number of thiazole rings is 1. The SMILES string of the molecule is COC(=O)c1cc(N)cnc1NCc1scnc1C. The third-order valence-corrected chi connectivity index (χ3v) is 3.51. The lowest BCUT2D eigenvalue weighted by Crippen LogP contribution is -2.10. The third kappa shape index (κ3) is 3.00. The normalized spacial score (nSPS) is 10.2. The van der Waals surface area contributed by atoms with E-state index < -0.39 is 5.97 Å². The predicted molar refractivity (Wildman–Crippen MR) is 74.2 cm³/mol. The molecule has 0 spiro atoms. The van der Waals surface area contributed by atoms with E-state index in [1.165, 1.54) is 13.3 Å². The molecule has 0 aliphatic rings. The average Bonchev–Trinajstić information content (AvgIpc) is 2.82. The lowest BCUT2D eigenvalue weighted by atomic mass is 10.2. The van der Waals surface area contributed by atoms with Crippen LogP contribution in [0.5, 0.6) is 0 Å². The van der Waals surface area contributed by atoms with Crippen LogP contribution in [0.1, 0.15) is 20.9 Å². The van der Waals surface area contributed by atoms with Crippen molar-refractivity contribution in [3.63, 3.8) is 0 Å². The first-order valence-electron chi connectivity index (χ1n) is 5.58. The number of nitrogen functional groups attached to an aromatic ring is 1. The van der Waals surface area contributed by atoms with Crippen molar-refractivity contribution in [2.45, 2.75) is 13.5 Å². The van der Waals surface area contributed by atoms with Crippen molar-refractivity contribution in [3.05, 3.63) is 33.9 Å². The quantitative estimate of drug-likeness (QED) is 0.829. The number of methoxy groups -OCH3 is 1. The van der Waals surface area contributed by atoms with E-state index in [1.807, 2.05) is 6.92 Å². The molecule has 2 aromatic rings.